The molecule has 1 N–H and O–H groups in total. The molecule has 7 heteroatoms. The van der Waals surface area contributed by atoms with Gasteiger partial charge in [0.05, 0.1) is 36.4 Å². The maximum absolute atomic E-state index is 13.3. The van der Waals surface area contributed by atoms with Gasteiger partial charge in [-0.15, -0.1) is 0 Å². The molecule has 0 bridgehead atoms. The molecule has 0 saturated carbocycles. The summed E-state index contributed by atoms with van der Waals surface area (Å²) in [6.07, 6.45) is 0.876. The van der Waals surface area contributed by atoms with E-state index in [-0.39, 0.29) is 17.1 Å². The Hall–Kier alpha value is -3.00. The number of carbonyl (C=O) groups is 1. The number of fused-ring (bicyclic) bond motifs is 2. The first-order valence-corrected chi connectivity index (χ1v) is 12.7. The minimum absolute atomic E-state index is 0.0301. The van der Waals surface area contributed by atoms with Gasteiger partial charge in [0, 0.05) is 18.5 Å². The van der Waals surface area contributed by atoms with Crippen LogP contribution < -0.4 is 10.5 Å². The molecule has 3 aromatic carbocycles. The third-order valence-electron chi connectivity index (χ3n) is 6.34. The van der Waals surface area contributed by atoms with Crippen molar-refractivity contribution < 1.29 is 14.4 Å². The molecular weight excluding hydrogens is 446 g/mol. The summed E-state index contributed by atoms with van der Waals surface area (Å²) in [5, 5.41) is 3.38. The highest BCUT2D eigenvalue weighted by Gasteiger charge is 2.17. The number of thioether (sulfide) groups is 1. The van der Waals surface area contributed by atoms with Crippen LogP contribution in [0.4, 0.5) is 0 Å². The van der Waals surface area contributed by atoms with Gasteiger partial charge >= 0.3 is 0 Å². The number of nitrogens with one attached hydrogen (secondary N) is 1. The fourth-order valence-corrected chi connectivity index (χ4v) is 5.35. The lowest BCUT2D eigenvalue weighted by molar-refractivity contribution is -0.908. The molecule has 0 aliphatic carbocycles. The van der Waals surface area contributed by atoms with Gasteiger partial charge in [-0.25, -0.2) is 4.98 Å². The lowest BCUT2D eigenvalue weighted by atomic mass is 10.1. The van der Waals surface area contributed by atoms with E-state index in [0.717, 1.165) is 50.0 Å². The second-order valence-electron chi connectivity index (χ2n) is 8.61. The average molecular weight is 475 g/mol. The molecule has 6 nitrogen and oxygen atoms in total. The van der Waals surface area contributed by atoms with Gasteiger partial charge in [-0.1, -0.05) is 60.3 Å². The fraction of sp³-hybridized carbons (Fsp3) is 0.296. The predicted molar refractivity (Wildman–Crippen MR) is 136 cm³/mol. The third-order valence-corrected chi connectivity index (χ3v) is 7.32. The number of hydrogen-bond acceptors (Lipinski definition) is 5. The van der Waals surface area contributed by atoms with Crippen molar-refractivity contribution in [1.82, 2.24) is 9.55 Å². The van der Waals surface area contributed by atoms with Gasteiger partial charge < -0.3 is 9.64 Å². The summed E-state index contributed by atoms with van der Waals surface area (Å²) >= 11 is 1.35. The van der Waals surface area contributed by atoms with Crippen molar-refractivity contribution in [2.75, 3.05) is 38.6 Å². The summed E-state index contributed by atoms with van der Waals surface area (Å²) in [6, 6.07) is 21.2. The van der Waals surface area contributed by atoms with Crippen molar-refractivity contribution >= 4 is 39.2 Å². The molecule has 1 fully saturated rings. The quantitative estimate of drug-likeness (QED) is 0.242. The minimum Gasteiger partial charge on any atom is -0.370 e. The highest BCUT2D eigenvalue weighted by Crippen LogP contribution is 2.21. The van der Waals surface area contributed by atoms with Crippen LogP contribution in [0.2, 0.25) is 0 Å². The molecule has 0 spiro atoms. The first-order chi connectivity index (χ1) is 16.7. The van der Waals surface area contributed by atoms with Gasteiger partial charge in [-0.3, -0.25) is 14.2 Å². The molecule has 1 aliphatic heterocycles. The van der Waals surface area contributed by atoms with Gasteiger partial charge in [-0.2, -0.15) is 0 Å². The molecule has 1 saturated heterocycles. The number of carbonyl (C=O) groups excluding carboxylic acids is 1. The standard InChI is InChI=1S/C27H27N3O3S/c31-25(22-11-10-20-6-1-2-7-21(20)18-22)19-34-27-28-24-9-4-3-8-23(24)26(32)30(27)13-5-12-29-14-16-33-17-15-29/h1-4,6-11,18H,5,12-17,19H2/p+1. The van der Waals surface area contributed by atoms with E-state index in [1.54, 1.807) is 4.57 Å². The van der Waals surface area contributed by atoms with Crippen LogP contribution in [0, 0.1) is 0 Å². The number of morpholine rings is 1. The van der Waals surface area contributed by atoms with Crippen LogP contribution in [0.1, 0.15) is 16.8 Å². The molecule has 1 aliphatic rings. The Morgan fingerprint density at radius 1 is 1.00 bits per heavy atom. The topological polar surface area (TPSA) is 65.6 Å². The Balaban J connectivity index is 1.35. The molecule has 4 aromatic rings. The van der Waals surface area contributed by atoms with E-state index < -0.39 is 0 Å². The normalized spacial score (nSPS) is 14.6. The number of quaternary nitrogens is 1. The van der Waals surface area contributed by atoms with Crippen molar-refractivity contribution in [3.05, 3.63) is 82.6 Å². The predicted octanol–water partition coefficient (Wildman–Crippen LogP) is 2.83. The summed E-state index contributed by atoms with van der Waals surface area (Å²) < 4.78 is 7.19. The Labute approximate surface area is 202 Å². The van der Waals surface area contributed by atoms with Crippen molar-refractivity contribution in [3.8, 4) is 0 Å². The number of ketones is 1. The van der Waals surface area contributed by atoms with Crippen LogP contribution in [0.3, 0.4) is 0 Å². The number of Topliss-reactive ketones (excluding diaryl/α,β-unsaturated/α-hetero) is 1. The number of benzene rings is 3. The zero-order valence-corrected chi connectivity index (χ0v) is 19.9. The van der Waals surface area contributed by atoms with Crippen LogP contribution in [0.15, 0.2) is 76.7 Å². The molecule has 0 unspecified atom stereocenters. The zero-order valence-electron chi connectivity index (χ0n) is 19.0. The van der Waals surface area contributed by atoms with E-state index in [4.69, 9.17) is 9.72 Å². The molecule has 0 atom stereocenters. The highest BCUT2D eigenvalue weighted by molar-refractivity contribution is 7.99. The average Bonchev–Trinajstić information content (AvgIpc) is 2.89. The van der Waals surface area contributed by atoms with Crippen molar-refractivity contribution in [2.24, 2.45) is 0 Å². The van der Waals surface area contributed by atoms with E-state index >= 15 is 0 Å². The van der Waals surface area contributed by atoms with Crippen LogP contribution in [-0.4, -0.2) is 53.9 Å². The third kappa shape index (κ3) is 5.06. The Morgan fingerprint density at radius 2 is 1.76 bits per heavy atom. The van der Waals surface area contributed by atoms with Gasteiger partial charge in [0.15, 0.2) is 10.9 Å². The Morgan fingerprint density at radius 3 is 2.62 bits per heavy atom. The molecule has 5 rings (SSSR count). The maximum Gasteiger partial charge on any atom is 0.262 e. The first kappa shape index (κ1) is 22.8. The van der Waals surface area contributed by atoms with Gasteiger partial charge in [0.2, 0.25) is 0 Å². The fourth-order valence-electron chi connectivity index (χ4n) is 4.43. The van der Waals surface area contributed by atoms with Gasteiger partial charge in [0.1, 0.15) is 13.1 Å². The summed E-state index contributed by atoms with van der Waals surface area (Å²) in [4.78, 5) is 32.6. The number of aromatic nitrogens is 2. The highest BCUT2D eigenvalue weighted by atomic mass is 32.2. The maximum atomic E-state index is 13.3. The first-order valence-electron chi connectivity index (χ1n) is 11.7. The van der Waals surface area contributed by atoms with Crippen molar-refractivity contribution in [3.63, 3.8) is 0 Å². The molecule has 34 heavy (non-hydrogen) atoms. The lowest BCUT2D eigenvalue weighted by Crippen LogP contribution is -3.14. The monoisotopic (exact) mass is 474 g/mol. The van der Waals surface area contributed by atoms with Gasteiger partial charge in [0.25, 0.3) is 5.56 Å². The van der Waals surface area contributed by atoms with Crippen molar-refractivity contribution in [2.45, 2.75) is 18.1 Å². The van der Waals surface area contributed by atoms with Crippen LogP contribution in [-0.2, 0) is 11.3 Å². The van der Waals surface area contributed by atoms with Crippen LogP contribution in [0.5, 0.6) is 0 Å². The smallest absolute Gasteiger partial charge is 0.262 e. The van der Waals surface area contributed by atoms with Gasteiger partial charge in [-0.05, 0) is 29.0 Å². The molecule has 174 valence electrons. The van der Waals surface area contributed by atoms with E-state index in [9.17, 15) is 9.59 Å². The Bertz CT molecular complexity index is 1380. The second kappa shape index (κ2) is 10.5. The van der Waals surface area contributed by atoms with E-state index in [0.29, 0.717) is 28.2 Å². The summed E-state index contributed by atoms with van der Waals surface area (Å²) in [5.41, 5.74) is 1.31. The SMILES string of the molecule is O=C(CSc1nc2ccccc2c(=O)n1CCC[NH+]1CCOCC1)c1ccc2ccccc2c1. The molecular formula is C27H28N3O3S+. The molecule has 1 aromatic heterocycles. The lowest BCUT2D eigenvalue weighted by Gasteiger charge is -2.24. The molecule has 0 radical (unpaired) electrons. The zero-order chi connectivity index (χ0) is 23.3. The van der Waals surface area contributed by atoms with E-state index in [1.807, 2.05) is 66.7 Å². The minimum atomic E-state index is -0.0387. The number of para-hydroxylation sites is 1. The summed E-state index contributed by atoms with van der Waals surface area (Å²) in [5.74, 6) is 0.264. The van der Waals surface area contributed by atoms with Crippen molar-refractivity contribution in [1.29, 1.82) is 0 Å². The summed E-state index contributed by atoms with van der Waals surface area (Å²) in [7, 11) is 0. The second-order valence-corrected chi connectivity index (χ2v) is 9.55. The number of rotatable bonds is 8. The largest absolute Gasteiger partial charge is 0.370 e. The summed E-state index contributed by atoms with van der Waals surface area (Å²) in [6.45, 7) is 5.19. The van der Waals surface area contributed by atoms with Crippen LogP contribution >= 0.6 is 11.8 Å². The molecule has 2 heterocycles. The van der Waals surface area contributed by atoms with Crippen LogP contribution in [0.25, 0.3) is 21.7 Å². The number of ether oxygens (including phenoxy) is 1. The Kier molecular flexibility index (Phi) is 7.04. The van der Waals surface area contributed by atoms with E-state index in [1.165, 1.54) is 16.7 Å². The van der Waals surface area contributed by atoms with E-state index in [2.05, 4.69) is 0 Å². The molecule has 0 amide bonds. The number of nitrogens with zero attached hydrogens (tertiary/aromatic N) is 2. The number of hydrogen-bond donors (Lipinski definition) is 1.